The van der Waals surface area contributed by atoms with Crippen LogP contribution >= 0.6 is 23.2 Å². The summed E-state index contributed by atoms with van der Waals surface area (Å²) in [6.07, 6.45) is 3.01. The Kier molecular flexibility index (Phi) is 5.50. The summed E-state index contributed by atoms with van der Waals surface area (Å²) in [5.74, 6) is -0.0423. The van der Waals surface area contributed by atoms with Gasteiger partial charge in [0.25, 0.3) is 0 Å². The number of urea groups is 1. The summed E-state index contributed by atoms with van der Waals surface area (Å²) < 4.78 is 1.71. The van der Waals surface area contributed by atoms with Crippen molar-refractivity contribution < 1.29 is 9.59 Å². The molecule has 4 aromatic rings. The SMILES string of the molecule is Cn1cc(C(=O)c2cccc(NC(=O)Nc3ccc(Cl)cc3Cl)c2)c2c(N)ncnc21. The van der Waals surface area contributed by atoms with Crippen molar-refractivity contribution in [3.8, 4) is 0 Å². The first-order valence-corrected chi connectivity index (χ1v) is 9.82. The maximum atomic E-state index is 13.1. The summed E-state index contributed by atoms with van der Waals surface area (Å²) in [4.78, 5) is 33.7. The summed E-state index contributed by atoms with van der Waals surface area (Å²) >= 11 is 11.9. The van der Waals surface area contributed by atoms with Gasteiger partial charge < -0.3 is 20.9 Å². The van der Waals surface area contributed by atoms with Crippen LogP contribution in [0.4, 0.5) is 22.0 Å². The molecule has 0 aliphatic heterocycles. The Bertz CT molecular complexity index is 1330. The number of aromatic nitrogens is 3. The zero-order chi connectivity index (χ0) is 22.1. The molecule has 0 atom stereocenters. The molecule has 2 heterocycles. The topological polar surface area (TPSA) is 115 Å². The second-order valence-corrected chi connectivity index (χ2v) is 7.57. The minimum atomic E-state index is -0.517. The van der Waals surface area contributed by atoms with Crippen LogP contribution in [-0.4, -0.2) is 26.3 Å². The van der Waals surface area contributed by atoms with Gasteiger partial charge in [0.2, 0.25) is 0 Å². The maximum absolute atomic E-state index is 13.1. The normalized spacial score (nSPS) is 10.8. The van der Waals surface area contributed by atoms with Crippen molar-refractivity contribution in [3.63, 3.8) is 0 Å². The highest BCUT2D eigenvalue weighted by Gasteiger charge is 2.19. The Morgan fingerprint density at radius 1 is 1.06 bits per heavy atom. The number of fused-ring (bicyclic) bond motifs is 1. The largest absolute Gasteiger partial charge is 0.383 e. The van der Waals surface area contributed by atoms with Gasteiger partial charge in [0.05, 0.1) is 21.7 Å². The number of halogens is 2. The van der Waals surface area contributed by atoms with Gasteiger partial charge in [-0.15, -0.1) is 0 Å². The molecular formula is C21H16Cl2N6O2. The van der Waals surface area contributed by atoms with E-state index < -0.39 is 6.03 Å². The first-order valence-electron chi connectivity index (χ1n) is 9.07. The van der Waals surface area contributed by atoms with E-state index in [1.165, 1.54) is 12.4 Å². The molecule has 0 aliphatic rings. The lowest BCUT2D eigenvalue weighted by Gasteiger charge is -2.10. The van der Waals surface area contributed by atoms with Crippen LogP contribution in [0.1, 0.15) is 15.9 Å². The fraction of sp³-hybridized carbons (Fsp3) is 0.0476. The van der Waals surface area contributed by atoms with Crippen molar-refractivity contribution in [1.82, 2.24) is 14.5 Å². The number of nitrogens with zero attached hydrogens (tertiary/aromatic N) is 3. The monoisotopic (exact) mass is 454 g/mol. The lowest BCUT2D eigenvalue weighted by atomic mass is 10.0. The summed E-state index contributed by atoms with van der Waals surface area (Å²) in [5, 5.41) is 6.58. The van der Waals surface area contributed by atoms with E-state index in [0.717, 1.165) is 0 Å². The van der Waals surface area contributed by atoms with E-state index in [1.807, 2.05) is 0 Å². The highest BCUT2D eigenvalue weighted by Crippen LogP contribution is 2.27. The van der Waals surface area contributed by atoms with Crippen molar-refractivity contribution in [3.05, 3.63) is 76.2 Å². The number of carbonyl (C=O) groups is 2. The molecule has 8 nitrogen and oxygen atoms in total. The summed E-state index contributed by atoms with van der Waals surface area (Å²) in [6.45, 7) is 0. The quantitative estimate of drug-likeness (QED) is 0.385. The van der Waals surface area contributed by atoms with E-state index in [9.17, 15) is 9.59 Å². The molecule has 0 bridgehead atoms. The zero-order valence-corrected chi connectivity index (χ0v) is 17.7. The van der Waals surface area contributed by atoms with Gasteiger partial charge in [0.15, 0.2) is 5.78 Å². The van der Waals surface area contributed by atoms with Crippen LogP contribution in [0.2, 0.25) is 10.0 Å². The maximum Gasteiger partial charge on any atom is 0.323 e. The Hall–Kier alpha value is -3.62. The molecule has 156 valence electrons. The second-order valence-electron chi connectivity index (χ2n) is 6.72. The molecule has 0 aliphatic carbocycles. The van der Waals surface area contributed by atoms with Crippen LogP contribution < -0.4 is 16.4 Å². The molecule has 0 saturated carbocycles. The standard InChI is InChI=1S/C21H16Cl2N6O2/c1-29-9-14(17-19(24)25-10-26-20(17)29)18(30)11-3-2-4-13(7-11)27-21(31)28-16-6-5-12(22)8-15(16)23/h2-10H,1H3,(H2,24,25,26)(H2,27,28,31). The van der Waals surface area contributed by atoms with Crippen LogP contribution in [0.5, 0.6) is 0 Å². The number of benzene rings is 2. The molecule has 31 heavy (non-hydrogen) atoms. The van der Waals surface area contributed by atoms with Gasteiger partial charge in [-0.05, 0) is 30.3 Å². The van der Waals surface area contributed by atoms with Gasteiger partial charge in [-0.25, -0.2) is 14.8 Å². The van der Waals surface area contributed by atoms with Gasteiger partial charge in [-0.1, -0.05) is 35.3 Å². The van der Waals surface area contributed by atoms with Gasteiger partial charge in [0.1, 0.15) is 17.8 Å². The van der Waals surface area contributed by atoms with Crippen LogP contribution in [0.3, 0.4) is 0 Å². The van der Waals surface area contributed by atoms with Crippen LogP contribution in [0.25, 0.3) is 11.0 Å². The minimum absolute atomic E-state index is 0.224. The molecule has 2 amide bonds. The Morgan fingerprint density at radius 3 is 2.65 bits per heavy atom. The molecular weight excluding hydrogens is 439 g/mol. The number of hydrogen-bond donors (Lipinski definition) is 3. The number of nitrogen functional groups attached to an aromatic ring is 1. The lowest BCUT2D eigenvalue weighted by Crippen LogP contribution is -2.19. The third-order valence-corrected chi connectivity index (χ3v) is 5.14. The number of hydrogen-bond acceptors (Lipinski definition) is 5. The molecule has 2 aromatic carbocycles. The van der Waals surface area contributed by atoms with Crippen molar-refractivity contribution in [2.75, 3.05) is 16.4 Å². The van der Waals surface area contributed by atoms with Crippen LogP contribution in [-0.2, 0) is 7.05 Å². The summed E-state index contributed by atoms with van der Waals surface area (Å²) in [7, 11) is 1.77. The Labute approximate surface area is 187 Å². The number of nitrogens with one attached hydrogen (secondary N) is 2. The van der Waals surface area contributed by atoms with E-state index in [2.05, 4.69) is 20.6 Å². The Morgan fingerprint density at radius 2 is 1.87 bits per heavy atom. The number of ketones is 1. The average molecular weight is 455 g/mol. The van der Waals surface area contributed by atoms with Gasteiger partial charge in [0, 0.05) is 29.5 Å². The van der Waals surface area contributed by atoms with Crippen molar-refractivity contribution >= 4 is 63.2 Å². The van der Waals surface area contributed by atoms with Crippen molar-refractivity contribution in [2.45, 2.75) is 0 Å². The molecule has 0 fully saturated rings. The number of nitrogens with two attached hydrogens (primary N) is 1. The van der Waals surface area contributed by atoms with Crippen molar-refractivity contribution in [1.29, 1.82) is 0 Å². The highest BCUT2D eigenvalue weighted by atomic mass is 35.5. The number of carbonyl (C=O) groups excluding carboxylic acids is 2. The molecule has 4 N–H and O–H groups in total. The molecule has 0 saturated heterocycles. The Balaban J connectivity index is 1.57. The fourth-order valence-corrected chi connectivity index (χ4v) is 3.63. The van der Waals surface area contributed by atoms with Crippen molar-refractivity contribution in [2.24, 2.45) is 7.05 Å². The molecule has 0 spiro atoms. The zero-order valence-electron chi connectivity index (χ0n) is 16.2. The second kappa shape index (κ2) is 8.25. The van der Waals surface area contributed by atoms with Crippen LogP contribution in [0.15, 0.2) is 55.0 Å². The molecule has 0 radical (unpaired) electrons. The summed E-state index contributed by atoms with van der Waals surface area (Å²) in [5.41, 5.74) is 8.12. The number of rotatable bonds is 4. The van der Waals surface area contributed by atoms with E-state index in [1.54, 1.807) is 54.2 Å². The molecule has 4 rings (SSSR count). The van der Waals surface area contributed by atoms with Gasteiger partial charge >= 0.3 is 6.03 Å². The summed E-state index contributed by atoms with van der Waals surface area (Å²) in [6, 6.07) is 10.8. The fourth-order valence-electron chi connectivity index (χ4n) is 3.18. The molecule has 10 heteroatoms. The third kappa shape index (κ3) is 4.16. The van der Waals surface area contributed by atoms with E-state index >= 15 is 0 Å². The number of amides is 2. The number of aryl methyl sites for hydroxylation is 1. The first kappa shape index (κ1) is 20.6. The average Bonchev–Trinajstić information content (AvgIpc) is 3.08. The van der Waals surface area contributed by atoms with Gasteiger partial charge in [-0.3, -0.25) is 4.79 Å². The van der Waals surface area contributed by atoms with Crippen LogP contribution in [0, 0.1) is 0 Å². The lowest BCUT2D eigenvalue weighted by molar-refractivity contribution is 0.104. The van der Waals surface area contributed by atoms with E-state index in [-0.39, 0.29) is 11.6 Å². The molecule has 0 unspecified atom stereocenters. The smallest absolute Gasteiger partial charge is 0.323 e. The van der Waals surface area contributed by atoms with E-state index in [4.69, 9.17) is 28.9 Å². The highest BCUT2D eigenvalue weighted by molar-refractivity contribution is 6.36. The first-order chi connectivity index (χ1) is 14.8. The van der Waals surface area contributed by atoms with E-state index in [0.29, 0.717) is 43.6 Å². The van der Waals surface area contributed by atoms with Gasteiger partial charge in [-0.2, -0.15) is 0 Å². The minimum Gasteiger partial charge on any atom is -0.383 e. The molecule has 2 aromatic heterocycles. The number of anilines is 3. The predicted molar refractivity (Wildman–Crippen MR) is 122 cm³/mol. The predicted octanol–water partition coefficient (Wildman–Crippen LogP) is 4.73. The third-order valence-electron chi connectivity index (χ3n) is 4.59.